The Morgan fingerprint density at radius 1 is 1.50 bits per heavy atom. The number of aryl methyl sites for hydroxylation is 1. The molecule has 0 aliphatic carbocycles. The van der Waals surface area contributed by atoms with Gasteiger partial charge in [0, 0.05) is 32.4 Å². The van der Waals surface area contributed by atoms with Gasteiger partial charge in [-0.05, 0) is 37.9 Å². The second kappa shape index (κ2) is 6.34. The van der Waals surface area contributed by atoms with Crippen LogP contribution >= 0.6 is 0 Å². The molecular weight excluding hydrogens is 224 g/mol. The summed E-state index contributed by atoms with van der Waals surface area (Å²) in [5.74, 6) is 0.761. The van der Waals surface area contributed by atoms with Gasteiger partial charge in [-0.2, -0.15) is 5.10 Å². The minimum Gasteiger partial charge on any atom is -0.313 e. The van der Waals surface area contributed by atoms with E-state index < -0.39 is 0 Å². The zero-order valence-electron chi connectivity index (χ0n) is 11.9. The molecule has 1 aliphatic rings. The summed E-state index contributed by atoms with van der Waals surface area (Å²) in [6.45, 7) is 9.06. The molecule has 102 valence electrons. The maximum Gasteiger partial charge on any atom is 0.0764 e. The van der Waals surface area contributed by atoms with E-state index in [0.29, 0.717) is 6.04 Å². The van der Waals surface area contributed by atoms with Gasteiger partial charge in [-0.3, -0.25) is 9.58 Å². The average molecular weight is 250 g/mol. The highest BCUT2D eigenvalue weighted by molar-refractivity contribution is 4.99. The molecule has 0 saturated carbocycles. The first-order valence-corrected chi connectivity index (χ1v) is 7.07. The SMILES string of the molecule is CC(C)CC1CN(Cc2ccn(C)n2)CCCN1. The quantitative estimate of drug-likeness (QED) is 0.882. The number of hydrogen-bond acceptors (Lipinski definition) is 3. The largest absolute Gasteiger partial charge is 0.313 e. The lowest BCUT2D eigenvalue weighted by Gasteiger charge is -2.24. The van der Waals surface area contributed by atoms with Crippen LogP contribution in [0.2, 0.25) is 0 Å². The van der Waals surface area contributed by atoms with Crippen molar-refractivity contribution >= 4 is 0 Å². The van der Waals surface area contributed by atoms with E-state index in [2.05, 4.69) is 35.2 Å². The predicted molar refractivity (Wildman–Crippen MR) is 74.3 cm³/mol. The monoisotopic (exact) mass is 250 g/mol. The zero-order chi connectivity index (χ0) is 13.0. The van der Waals surface area contributed by atoms with E-state index in [-0.39, 0.29) is 0 Å². The van der Waals surface area contributed by atoms with Gasteiger partial charge in [-0.15, -0.1) is 0 Å². The molecule has 2 rings (SSSR count). The second-order valence-electron chi connectivity index (χ2n) is 5.85. The maximum absolute atomic E-state index is 4.48. The van der Waals surface area contributed by atoms with Crippen molar-refractivity contribution in [1.29, 1.82) is 0 Å². The molecule has 0 aromatic carbocycles. The van der Waals surface area contributed by atoms with Gasteiger partial charge in [0.1, 0.15) is 0 Å². The molecule has 0 bridgehead atoms. The number of aromatic nitrogens is 2. The van der Waals surface area contributed by atoms with E-state index in [0.717, 1.165) is 25.6 Å². The lowest BCUT2D eigenvalue weighted by atomic mass is 10.0. The van der Waals surface area contributed by atoms with Gasteiger partial charge in [-0.1, -0.05) is 13.8 Å². The summed E-state index contributed by atoms with van der Waals surface area (Å²) < 4.78 is 1.89. The topological polar surface area (TPSA) is 33.1 Å². The lowest BCUT2D eigenvalue weighted by molar-refractivity contribution is 0.244. The fourth-order valence-electron chi connectivity index (χ4n) is 2.72. The Hall–Kier alpha value is -0.870. The molecule has 1 atom stereocenters. The summed E-state index contributed by atoms with van der Waals surface area (Å²) in [6.07, 6.45) is 4.52. The predicted octanol–water partition coefficient (Wildman–Crippen LogP) is 1.63. The number of rotatable bonds is 4. The smallest absolute Gasteiger partial charge is 0.0764 e. The summed E-state index contributed by atoms with van der Waals surface area (Å²) in [6, 6.07) is 2.76. The Kier molecular flexibility index (Phi) is 4.78. The van der Waals surface area contributed by atoms with Crippen LogP contribution in [0, 0.1) is 5.92 Å². The van der Waals surface area contributed by atoms with Crippen molar-refractivity contribution in [1.82, 2.24) is 20.0 Å². The molecule has 4 heteroatoms. The maximum atomic E-state index is 4.48. The highest BCUT2D eigenvalue weighted by Gasteiger charge is 2.19. The van der Waals surface area contributed by atoms with Crippen molar-refractivity contribution in [3.05, 3.63) is 18.0 Å². The highest BCUT2D eigenvalue weighted by atomic mass is 15.3. The molecular formula is C14H26N4. The van der Waals surface area contributed by atoms with Crippen LogP contribution in [0.5, 0.6) is 0 Å². The van der Waals surface area contributed by atoms with Crippen LogP contribution in [0.4, 0.5) is 0 Å². The molecule has 2 heterocycles. The Balaban J connectivity index is 1.90. The van der Waals surface area contributed by atoms with Crippen LogP contribution in [-0.2, 0) is 13.6 Å². The van der Waals surface area contributed by atoms with Gasteiger partial charge >= 0.3 is 0 Å². The van der Waals surface area contributed by atoms with Crippen molar-refractivity contribution in [3.8, 4) is 0 Å². The first kappa shape index (κ1) is 13.6. The summed E-state index contributed by atoms with van der Waals surface area (Å²) in [7, 11) is 1.98. The lowest BCUT2D eigenvalue weighted by Crippen LogP contribution is -2.38. The molecule has 0 amide bonds. The fraction of sp³-hybridized carbons (Fsp3) is 0.786. The molecule has 18 heavy (non-hydrogen) atoms. The third kappa shape index (κ3) is 4.10. The molecule has 4 nitrogen and oxygen atoms in total. The van der Waals surface area contributed by atoms with Crippen LogP contribution in [0.15, 0.2) is 12.3 Å². The summed E-state index contributed by atoms with van der Waals surface area (Å²) in [5.41, 5.74) is 1.18. The van der Waals surface area contributed by atoms with Crippen LogP contribution in [-0.4, -0.2) is 40.4 Å². The van der Waals surface area contributed by atoms with E-state index in [9.17, 15) is 0 Å². The van der Waals surface area contributed by atoms with Gasteiger partial charge in [0.15, 0.2) is 0 Å². The second-order valence-corrected chi connectivity index (χ2v) is 5.85. The van der Waals surface area contributed by atoms with Crippen LogP contribution < -0.4 is 5.32 Å². The Morgan fingerprint density at radius 3 is 3.00 bits per heavy atom. The van der Waals surface area contributed by atoms with Crippen molar-refractivity contribution in [2.45, 2.75) is 39.3 Å². The molecule has 0 radical (unpaired) electrons. The molecule has 1 N–H and O–H groups in total. The van der Waals surface area contributed by atoms with Gasteiger partial charge in [0.25, 0.3) is 0 Å². The zero-order valence-corrected chi connectivity index (χ0v) is 11.9. The van der Waals surface area contributed by atoms with Crippen LogP contribution in [0.25, 0.3) is 0 Å². The third-order valence-corrected chi connectivity index (χ3v) is 3.47. The first-order chi connectivity index (χ1) is 8.63. The molecule has 1 unspecified atom stereocenters. The Morgan fingerprint density at radius 2 is 2.33 bits per heavy atom. The van der Waals surface area contributed by atoms with Gasteiger partial charge in [0.05, 0.1) is 5.69 Å². The number of hydrogen-bond donors (Lipinski definition) is 1. The number of nitrogens with zero attached hydrogens (tertiary/aromatic N) is 3. The summed E-state index contributed by atoms with van der Waals surface area (Å²) >= 11 is 0. The average Bonchev–Trinajstić information content (AvgIpc) is 2.56. The Labute approximate surface area is 110 Å². The van der Waals surface area contributed by atoms with Gasteiger partial charge < -0.3 is 5.32 Å². The van der Waals surface area contributed by atoms with Gasteiger partial charge in [0.2, 0.25) is 0 Å². The fourth-order valence-corrected chi connectivity index (χ4v) is 2.72. The standard InChI is InChI=1S/C14H26N4/c1-12(2)9-14-11-18(7-4-6-15-14)10-13-5-8-17(3)16-13/h5,8,12,14-15H,4,6-7,9-11H2,1-3H3. The van der Waals surface area contributed by atoms with E-state index in [4.69, 9.17) is 0 Å². The molecule has 1 aromatic heterocycles. The minimum atomic E-state index is 0.635. The normalized spacial score (nSPS) is 22.3. The molecule has 1 aliphatic heterocycles. The summed E-state index contributed by atoms with van der Waals surface area (Å²) in [4.78, 5) is 2.54. The molecule has 1 fully saturated rings. The molecule has 1 saturated heterocycles. The van der Waals surface area contributed by atoms with E-state index in [1.165, 1.54) is 25.1 Å². The minimum absolute atomic E-state index is 0.635. The highest BCUT2D eigenvalue weighted by Crippen LogP contribution is 2.11. The van der Waals surface area contributed by atoms with Crippen molar-refractivity contribution in [3.63, 3.8) is 0 Å². The van der Waals surface area contributed by atoms with E-state index in [1.54, 1.807) is 0 Å². The van der Waals surface area contributed by atoms with Crippen LogP contribution in [0.3, 0.4) is 0 Å². The van der Waals surface area contributed by atoms with E-state index in [1.807, 2.05) is 17.9 Å². The Bertz CT molecular complexity index is 358. The molecule has 1 aromatic rings. The third-order valence-electron chi connectivity index (χ3n) is 3.47. The number of nitrogens with one attached hydrogen (secondary N) is 1. The summed E-state index contributed by atoms with van der Waals surface area (Å²) in [5, 5.41) is 8.14. The van der Waals surface area contributed by atoms with Gasteiger partial charge in [-0.25, -0.2) is 0 Å². The first-order valence-electron chi connectivity index (χ1n) is 7.07. The van der Waals surface area contributed by atoms with Crippen LogP contribution in [0.1, 0.15) is 32.4 Å². The van der Waals surface area contributed by atoms with Crippen molar-refractivity contribution in [2.75, 3.05) is 19.6 Å². The van der Waals surface area contributed by atoms with Crippen molar-refractivity contribution in [2.24, 2.45) is 13.0 Å². The molecule has 0 spiro atoms. The van der Waals surface area contributed by atoms with Crippen molar-refractivity contribution < 1.29 is 0 Å². The van der Waals surface area contributed by atoms with E-state index >= 15 is 0 Å².